The largest absolute Gasteiger partial charge is 0.497 e. The summed E-state index contributed by atoms with van der Waals surface area (Å²) in [5.41, 5.74) is 1.46. The van der Waals surface area contributed by atoms with Gasteiger partial charge in [0.2, 0.25) is 5.82 Å². The van der Waals surface area contributed by atoms with Gasteiger partial charge in [0.1, 0.15) is 11.5 Å². The van der Waals surface area contributed by atoms with Crippen LogP contribution in [0.1, 0.15) is 0 Å². The summed E-state index contributed by atoms with van der Waals surface area (Å²) < 4.78 is 26.5. The smallest absolute Gasteiger partial charge is 0.258 e. The van der Waals surface area contributed by atoms with Crippen molar-refractivity contribution in [3.05, 3.63) is 36.4 Å². The standard InChI is InChI=1S/C18H18N2O5/c1-21-13-7-12(8-14(10-13)22-2)18-19-17(20-25-18)11-5-6-15(23-3)16(9-11)24-4/h5-10H,1-4H3. The molecule has 1 aromatic heterocycles. The zero-order chi connectivity index (χ0) is 17.8. The van der Waals surface area contributed by atoms with E-state index in [0.717, 1.165) is 5.56 Å². The molecule has 3 aromatic rings. The molecule has 0 saturated carbocycles. The van der Waals surface area contributed by atoms with Crippen LogP contribution in [-0.2, 0) is 0 Å². The normalized spacial score (nSPS) is 10.4. The van der Waals surface area contributed by atoms with E-state index in [1.807, 2.05) is 6.07 Å². The van der Waals surface area contributed by atoms with Crippen molar-refractivity contribution in [2.75, 3.05) is 28.4 Å². The van der Waals surface area contributed by atoms with Crippen LogP contribution in [-0.4, -0.2) is 38.6 Å². The highest BCUT2D eigenvalue weighted by molar-refractivity contribution is 5.65. The van der Waals surface area contributed by atoms with E-state index in [9.17, 15) is 0 Å². The summed E-state index contributed by atoms with van der Waals surface area (Å²) in [5, 5.41) is 4.04. The van der Waals surface area contributed by atoms with Crippen LogP contribution >= 0.6 is 0 Å². The van der Waals surface area contributed by atoms with Gasteiger partial charge in [0, 0.05) is 17.2 Å². The van der Waals surface area contributed by atoms with Crippen LogP contribution in [0.5, 0.6) is 23.0 Å². The molecule has 0 aliphatic heterocycles. The highest BCUT2D eigenvalue weighted by atomic mass is 16.5. The van der Waals surface area contributed by atoms with Crippen molar-refractivity contribution in [2.24, 2.45) is 0 Å². The second kappa shape index (κ2) is 7.12. The van der Waals surface area contributed by atoms with E-state index < -0.39 is 0 Å². The summed E-state index contributed by atoms with van der Waals surface area (Å²) in [6.45, 7) is 0. The maximum absolute atomic E-state index is 5.39. The first-order valence-corrected chi connectivity index (χ1v) is 7.48. The SMILES string of the molecule is COc1cc(OC)cc(-c2nc(-c3ccc(OC)c(OC)c3)no2)c1. The first kappa shape index (κ1) is 16.6. The van der Waals surface area contributed by atoms with Crippen LogP contribution in [0, 0.1) is 0 Å². The number of aromatic nitrogens is 2. The van der Waals surface area contributed by atoms with E-state index in [1.165, 1.54) is 0 Å². The molecule has 0 aliphatic carbocycles. The number of ether oxygens (including phenoxy) is 4. The molecule has 130 valence electrons. The third-order valence-corrected chi connectivity index (χ3v) is 3.67. The second-order valence-corrected chi connectivity index (χ2v) is 5.09. The molecule has 2 aromatic carbocycles. The summed E-state index contributed by atoms with van der Waals surface area (Å²) in [4.78, 5) is 4.45. The van der Waals surface area contributed by atoms with E-state index in [2.05, 4.69) is 10.1 Å². The number of benzene rings is 2. The van der Waals surface area contributed by atoms with Gasteiger partial charge in [0.05, 0.1) is 28.4 Å². The van der Waals surface area contributed by atoms with Gasteiger partial charge >= 0.3 is 0 Å². The van der Waals surface area contributed by atoms with E-state index >= 15 is 0 Å². The highest BCUT2D eigenvalue weighted by Gasteiger charge is 2.15. The van der Waals surface area contributed by atoms with Gasteiger partial charge in [0.25, 0.3) is 5.89 Å². The summed E-state index contributed by atoms with van der Waals surface area (Å²) in [7, 11) is 6.33. The average Bonchev–Trinajstić information content (AvgIpc) is 3.17. The Hall–Kier alpha value is -3.22. The minimum Gasteiger partial charge on any atom is -0.497 e. The number of hydrogen-bond donors (Lipinski definition) is 0. The van der Waals surface area contributed by atoms with E-state index in [1.54, 1.807) is 58.8 Å². The van der Waals surface area contributed by atoms with Crippen LogP contribution in [0.4, 0.5) is 0 Å². The first-order chi connectivity index (χ1) is 12.2. The number of hydrogen-bond acceptors (Lipinski definition) is 7. The lowest BCUT2D eigenvalue weighted by Crippen LogP contribution is -1.91. The van der Waals surface area contributed by atoms with Crippen molar-refractivity contribution in [3.63, 3.8) is 0 Å². The van der Waals surface area contributed by atoms with Crippen LogP contribution in [0.25, 0.3) is 22.8 Å². The Morgan fingerprint density at radius 2 is 1.40 bits per heavy atom. The van der Waals surface area contributed by atoms with Gasteiger partial charge < -0.3 is 23.5 Å². The molecule has 1 heterocycles. The molecule has 0 atom stereocenters. The van der Waals surface area contributed by atoms with Crippen LogP contribution < -0.4 is 18.9 Å². The van der Waals surface area contributed by atoms with Gasteiger partial charge in [-0.15, -0.1) is 0 Å². The van der Waals surface area contributed by atoms with Crippen LogP contribution in [0.3, 0.4) is 0 Å². The van der Waals surface area contributed by atoms with E-state index in [4.69, 9.17) is 23.5 Å². The minimum atomic E-state index is 0.363. The summed E-state index contributed by atoms with van der Waals surface area (Å²) in [6.07, 6.45) is 0. The number of methoxy groups -OCH3 is 4. The Balaban J connectivity index is 1.98. The van der Waals surface area contributed by atoms with Gasteiger partial charge in [-0.1, -0.05) is 5.16 Å². The molecule has 0 saturated heterocycles. The number of rotatable bonds is 6. The lowest BCUT2D eigenvalue weighted by molar-refractivity contribution is 0.355. The Morgan fingerprint density at radius 1 is 0.720 bits per heavy atom. The van der Waals surface area contributed by atoms with E-state index in [-0.39, 0.29) is 0 Å². The molecule has 0 spiro atoms. The third-order valence-electron chi connectivity index (χ3n) is 3.67. The molecular formula is C18H18N2O5. The zero-order valence-corrected chi connectivity index (χ0v) is 14.4. The van der Waals surface area contributed by atoms with Crippen molar-refractivity contribution >= 4 is 0 Å². The monoisotopic (exact) mass is 342 g/mol. The topological polar surface area (TPSA) is 75.8 Å². The molecule has 0 aliphatic rings. The lowest BCUT2D eigenvalue weighted by atomic mass is 10.2. The fourth-order valence-electron chi connectivity index (χ4n) is 2.36. The molecule has 0 N–H and O–H groups in total. The zero-order valence-electron chi connectivity index (χ0n) is 14.4. The van der Waals surface area contributed by atoms with Crippen molar-refractivity contribution in [1.29, 1.82) is 0 Å². The van der Waals surface area contributed by atoms with Crippen LogP contribution in [0.15, 0.2) is 40.9 Å². The molecule has 25 heavy (non-hydrogen) atoms. The van der Waals surface area contributed by atoms with Gasteiger partial charge in [0.15, 0.2) is 11.5 Å². The Labute approximate surface area is 145 Å². The Bertz CT molecular complexity index is 853. The average molecular weight is 342 g/mol. The fraction of sp³-hybridized carbons (Fsp3) is 0.222. The predicted molar refractivity (Wildman–Crippen MR) is 91.4 cm³/mol. The van der Waals surface area contributed by atoms with Crippen LogP contribution in [0.2, 0.25) is 0 Å². The molecular weight excluding hydrogens is 324 g/mol. The Morgan fingerprint density at radius 3 is 2.00 bits per heavy atom. The predicted octanol–water partition coefficient (Wildman–Crippen LogP) is 3.44. The maximum Gasteiger partial charge on any atom is 0.258 e. The van der Waals surface area contributed by atoms with Crippen molar-refractivity contribution < 1.29 is 23.5 Å². The van der Waals surface area contributed by atoms with Gasteiger partial charge in [-0.2, -0.15) is 4.98 Å². The van der Waals surface area contributed by atoms with Gasteiger partial charge in [-0.25, -0.2) is 0 Å². The summed E-state index contributed by atoms with van der Waals surface area (Å²) in [6, 6.07) is 10.8. The molecule has 7 nitrogen and oxygen atoms in total. The molecule has 3 rings (SSSR count). The molecule has 0 bridgehead atoms. The van der Waals surface area contributed by atoms with E-state index in [0.29, 0.717) is 40.3 Å². The molecule has 0 amide bonds. The number of nitrogens with zero attached hydrogens (tertiary/aromatic N) is 2. The molecule has 7 heteroatoms. The fourth-order valence-corrected chi connectivity index (χ4v) is 2.36. The van der Waals surface area contributed by atoms with Gasteiger partial charge in [-0.3, -0.25) is 0 Å². The second-order valence-electron chi connectivity index (χ2n) is 5.09. The first-order valence-electron chi connectivity index (χ1n) is 7.48. The van der Waals surface area contributed by atoms with Crippen molar-refractivity contribution in [1.82, 2.24) is 10.1 Å². The molecule has 0 unspecified atom stereocenters. The summed E-state index contributed by atoms with van der Waals surface area (Å²) >= 11 is 0. The Kier molecular flexibility index (Phi) is 4.74. The molecule has 0 radical (unpaired) electrons. The minimum absolute atomic E-state index is 0.363. The summed E-state index contributed by atoms with van der Waals surface area (Å²) in [5.74, 6) is 3.31. The third kappa shape index (κ3) is 3.35. The maximum atomic E-state index is 5.39. The van der Waals surface area contributed by atoms with Crippen molar-refractivity contribution in [2.45, 2.75) is 0 Å². The van der Waals surface area contributed by atoms with Crippen molar-refractivity contribution in [3.8, 4) is 45.8 Å². The highest BCUT2D eigenvalue weighted by Crippen LogP contribution is 2.33. The quantitative estimate of drug-likeness (QED) is 0.679. The molecule has 0 fully saturated rings. The lowest BCUT2D eigenvalue weighted by Gasteiger charge is -2.07. The van der Waals surface area contributed by atoms with Gasteiger partial charge in [-0.05, 0) is 30.3 Å².